The van der Waals surface area contributed by atoms with Crippen molar-refractivity contribution in [2.45, 2.75) is 58.9 Å². The maximum absolute atomic E-state index is 10.9. The Morgan fingerprint density at radius 3 is 2.09 bits per heavy atom. The summed E-state index contributed by atoms with van der Waals surface area (Å²) in [5.74, 6) is 0.478. The van der Waals surface area contributed by atoms with Crippen LogP contribution in [0.2, 0.25) is 0 Å². The van der Waals surface area contributed by atoms with Gasteiger partial charge in [0.15, 0.2) is 0 Å². The summed E-state index contributed by atoms with van der Waals surface area (Å²) in [6.07, 6.45) is 0. The van der Waals surface area contributed by atoms with Crippen LogP contribution in [0.3, 0.4) is 0 Å². The third-order valence-electron chi connectivity index (χ3n) is 4.32. The first-order valence-electron chi connectivity index (χ1n) is 8.26. The first-order chi connectivity index (χ1) is 10.1. The van der Waals surface area contributed by atoms with Crippen LogP contribution < -0.4 is 0 Å². The van der Waals surface area contributed by atoms with Crippen LogP contribution in [-0.4, -0.2) is 36.3 Å². The van der Waals surface area contributed by atoms with Crippen LogP contribution in [-0.2, 0) is 22.1 Å². The number of phenolic OH excluding ortho intramolecular Hbond substituents is 1. The van der Waals surface area contributed by atoms with Gasteiger partial charge in [-0.1, -0.05) is 53.7 Å². The van der Waals surface area contributed by atoms with E-state index >= 15 is 0 Å². The Labute approximate surface area is 135 Å². The minimum Gasteiger partial charge on any atom is -0.507 e. The SMILES string of the molecule is CC(C)(C)c1ccc(CN2CCOCC2)c(C(C)(C)C)c1O. The maximum Gasteiger partial charge on any atom is 0.123 e. The Kier molecular flexibility index (Phi) is 4.88. The van der Waals surface area contributed by atoms with E-state index in [0.717, 1.165) is 44.0 Å². The molecule has 0 spiro atoms. The minimum atomic E-state index is -0.0764. The summed E-state index contributed by atoms with van der Waals surface area (Å²) in [5.41, 5.74) is 3.23. The smallest absolute Gasteiger partial charge is 0.123 e. The second-order valence-electron chi connectivity index (χ2n) is 8.38. The predicted octanol–water partition coefficient (Wildman–Crippen LogP) is 3.82. The zero-order valence-corrected chi connectivity index (χ0v) is 15.0. The Hall–Kier alpha value is -1.06. The van der Waals surface area contributed by atoms with Crippen molar-refractivity contribution in [3.8, 4) is 5.75 Å². The van der Waals surface area contributed by atoms with E-state index in [1.165, 1.54) is 5.56 Å². The van der Waals surface area contributed by atoms with E-state index < -0.39 is 0 Å². The second kappa shape index (κ2) is 6.21. The van der Waals surface area contributed by atoms with Crippen molar-refractivity contribution in [2.24, 2.45) is 0 Å². The highest BCUT2D eigenvalue weighted by Crippen LogP contribution is 2.41. The molecule has 0 amide bonds. The summed E-state index contributed by atoms with van der Waals surface area (Å²) in [4.78, 5) is 2.41. The molecule has 2 rings (SSSR count). The lowest BCUT2D eigenvalue weighted by Crippen LogP contribution is -2.36. The molecule has 0 radical (unpaired) electrons. The van der Waals surface area contributed by atoms with E-state index in [4.69, 9.17) is 4.74 Å². The molecule has 1 aliphatic heterocycles. The third-order valence-corrected chi connectivity index (χ3v) is 4.32. The maximum atomic E-state index is 10.9. The van der Waals surface area contributed by atoms with Gasteiger partial charge in [0.25, 0.3) is 0 Å². The van der Waals surface area contributed by atoms with Crippen LogP contribution in [0.15, 0.2) is 12.1 Å². The van der Waals surface area contributed by atoms with Crippen molar-refractivity contribution < 1.29 is 9.84 Å². The molecule has 0 unspecified atom stereocenters. The van der Waals surface area contributed by atoms with Gasteiger partial charge in [0.2, 0.25) is 0 Å². The zero-order valence-electron chi connectivity index (χ0n) is 15.0. The van der Waals surface area contributed by atoms with Gasteiger partial charge in [-0.2, -0.15) is 0 Å². The monoisotopic (exact) mass is 305 g/mol. The number of aromatic hydroxyl groups is 1. The molecule has 0 aromatic heterocycles. The highest BCUT2D eigenvalue weighted by atomic mass is 16.5. The van der Waals surface area contributed by atoms with E-state index in [1.807, 2.05) is 0 Å². The molecule has 22 heavy (non-hydrogen) atoms. The van der Waals surface area contributed by atoms with Gasteiger partial charge in [0, 0.05) is 25.2 Å². The van der Waals surface area contributed by atoms with Crippen molar-refractivity contribution in [3.63, 3.8) is 0 Å². The van der Waals surface area contributed by atoms with Gasteiger partial charge in [0.05, 0.1) is 13.2 Å². The lowest BCUT2D eigenvalue weighted by molar-refractivity contribution is 0.0339. The molecule has 124 valence electrons. The van der Waals surface area contributed by atoms with Gasteiger partial charge < -0.3 is 9.84 Å². The fourth-order valence-corrected chi connectivity index (χ4v) is 3.21. The first kappa shape index (κ1) is 17.3. The van der Waals surface area contributed by atoms with Crippen molar-refractivity contribution in [1.82, 2.24) is 4.90 Å². The number of phenols is 1. The topological polar surface area (TPSA) is 32.7 Å². The summed E-state index contributed by atoms with van der Waals surface area (Å²) >= 11 is 0. The second-order valence-corrected chi connectivity index (χ2v) is 8.38. The minimum absolute atomic E-state index is 0.0540. The van der Waals surface area contributed by atoms with Crippen molar-refractivity contribution in [2.75, 3.05) is 26.3 Å². The van der Waals surface area contributed by atoms with Crippen LogP contribution in [0, 0.1) is 0 Å². The van der Waals surface area contributed by atoms with Crippen molar-refractivity contribution >= 4 is 0 Å². The highest BCUT2D eigenvalue weighted by Gasteiger charge is 2.28. The molecule has 3 heteroatoms. The average molecular weight is 305 g/mol. The van der Waals surface area contributed by atoms with Crippen LogP contribution in [0.5, 0.6) is 5.75 Å². The molecule has 3 nitrogen and oxygen atoms in total. The van der Waals surface area contributed by atoms with Crippen LogP contribution in [0.4, 0.5) is 0 Å². The lowest BCUT2D eigenvalue weighted by atomic mass is 9.77. The first-order valence-corrected chi connectivity index (χ1v) is 8.26. The lowest BCUT2D eigenvalue weighted by Gasteiger charge is -2.32. The number of hydrogen-bond donors (Lipinski definition) is 1. The summed E-state index contributed by atoms with van der Waals surface area (Å²) in [5, 5.41) is 10.9. The highest BCUT2D eigenvalue weighted by molar-refractivity contribution is 5.51. The van der Waals surface area contributed by atoms with Crippen LogP contribution >= 0.6 is 0 Å². The molecular weight excluding hydrogens is 274 g/mol. The molecule has 1 aromatic rings. The average Bonchev–Trinajstić information content (AvgIpc) is 2.36. The number of morpholine rings is 1. The molecule has 1 N–H and O–H groups in total. The quantitative estimate of drug-likeness (QED) is 0.901. The van der Waals surface area contributed by atoms with E-state index in [1.54, 1.807) is 0 Å². The standard InChI is InChI=1S/C19H31NO2/c1-18(2,3)15-8-7-14(13-20-9-11-22-12-10-20)16(17(15)21)19(4,5)6/h7-8,21H,9-13H2,1-6H3. The van der Waals surface area contributed by atoms with Gasteiger partial charge in [-0.3, -0.25) is 4.90 Å². The molecule has 1 aliphatic rings. The van der Waals surface area contributed by atoms with Gasteiger partial charge >= 0.3 is 0 Å². The number of rotatable bonds is 2. The van der Waals surface area contributed by atoms with E-state index in [2.05, 4.69) is 58.6 Å². The fraction of sp³-hybridized carbons (Fsp3) is 0.684. The molecule has 0 bridgehead atoms. The van der Waals surface area contributed by atoms with Gasteiger partial charge in [-0.05, 0) is 22.0 Å². The fourth-order valence-electron chi connectivity index (χ4n) is 3.21. The third kappa shape index (κ3) is 3.82. The molecule has 0 aliphatic carbocycles. The van der Waals surface area contributed by atoms with E-state index in [0.29, 0.717) is 5.75 Å². The predicted molar refractivity (Wildman–Crippen MR) is 91.6 cm³/mol. The Morgan fingerprint density at radius 1 is 1.00 bits per heavy atom. The molecule has 1 fully saturated rings. The molecule has 0 saturated carbocycles. The molecular formula is C19H31NO2. The van der Waals surface area contributed by atoms with Gasteiger partial charge in [-0.25, -0.2) is 0 Å². The number of nitrogens with zero attached hydrogens (tertiary/aromatic N) is 1. The molecule has 1 aromatic carbocycles. The number of benzene rings is 1. The normalized spacial score (nSPS) is 17.7. The summed E-state index contributed by atoms with van der Waals surface area (Å²) in [6.45, 7) is 17.4. The number of hydrogen-bond acceptors (Lipinski definition) is 3. The zero-order chi connectivity index (χ0) is 16.5. The van der Waals surface area contributed by atoms with Crippen LogP contribution in [0.25, 0.3) is 0 Å². The molecule has 1 heterocycles. The van der Waals surface area contributed by atoms with Crippen molar-refractivity contribution in [3.05, 3.63) is 28.8 Å². The molecule has 0 atom stereocenters. The van der Waals surface area contributed by atoms with E-state index in [9.17, 15) is 5.11 Å². The number of ether oxygens (including phenoxy) is 1. The van der Waals surface area contributed by atoms with Crippen LogP contribution in [0.1, 0.15) is 58.2 Å². The molecule has 1 saturated heterocycles. The summed E-state index contributed by atoms with van der Waals surface area (Å²) < 4.78 is 5.43. The Balaban J connectivity index is 2.43. The van der Waals surface area contributed by atoms with Crippen molar-refractivity contribution in [1.29, 1.82) is 0 Å². The summed E-state index contributed by atoms with van der Waals surface area (Å²) in [7, 11) is 0. The Bertz CT molecular complexity index is 517. The largest absolute Gasteiger partial charge is 0.507 e. The van der Waals surface area contributed by atoms with E-state index in [-0.39, 0.29) is 10.8 Å². The van der Waals surface area contributed by atoms with Gasteiger partial charge in [0.1, 0.15) is 5.75 Å². The summed E-state index contributed by atoms with van der Waals surface area (Å²) in [6, 6.07) is 4.30. The van der Waals surface area contributed by atoms with Gasteiger partial charge in [-0.15, -0.1) is 0 Å². The Morgan fingerprint density at radius 2 is 1.59 bits per heavy atom.